The number of aromatic nitrogens is 4. The van der Waals surface area contributed by atoms with Crippen LogP contribution in [0.5, 0.6) is 0 Å². The number of fused-ring (bicyclic) bond motifs is 1. The molecule has 0 aliphatic rings. The van der Waals surface area contributed by atoms with Crippen molar-refractivity contribution < 1.29 is 4.79 Å². The molecule has 29 heavy (non-hydrogen) atoms. The number of nitrogens with zero attached hydrogens (tertiary/aromatic N) is 4. The minimum Gasteiger partial charge on any atom is -0.351 e. The first-order valence-electron chi connectivity index (χ1n) is 9.81. The molecule has 7 heteroatoms. The van der Waals surface area contributed by atoms with Crippen LogP contribution in [0.4, 0.5) is 0 Å². The van der Waals surface area contributed by atoms with Crippen LogP contribution in [0.3, 0.4) is 0 Å². The fourth-order valence-corrected chi connectivity index (χ4v) is 4.58. The highest BCUT2D eigenvalue weighted by Crippen LogP contribution is 2.28. The van der Waals surface area contributed by atoms with E-state index in [0.29, 0.717) is 13.1 Å². The molecule has 0 fully saturated rings. The van der Waals surface area contributed by atoms with Crippen molar-refractivity contribution in [3.8, 4) is 0 Å². The van der Waals surface area contributed by atoms with Gasteiger partial charge < -0.3 is 5.32 Å². The Bertz CT molecular complexity index is 1140. The molecule has 0 spiro atoms. The van der Waals surface area contributed by atoms with Crippen molar-refractivity contribution in [3.63, 3.8) is 0 Å². The Kier molecular flexibility index (Phi) is 5.49. The van der Waals surface area contributed by atoms with Gasteiger partial charge in [-0.3, -0.25) is 14.2 Å². The third-order valence-electron chi connectivity index (χ3n) is 4.94. The molecule has 1 N–H and O–H groups in total. The van der Waals surface area contributed by atoms with E-state index in [1.807, 2.05) is 47.5 Å². The maximum atomic E-state index is 12.6. The van der Waals surface area contributed by atoms with Crippen LogP contribution < -0.4 is 5.32 Å². The predicted molar refractivity (Wildman–Crippen MR) is 117 cm³/mol. The van der Waals surface area contributed by atoms with Crippen molar-refractivity contribution >= 4 is 27.5 Å². The lowest BCUT2D eigenvalue weighted by molar-refractivity contribution is 0.0956. The Morgan fingerprint density at radius 3 is 2.59 bits per heavy atom. The van der Waals surface area contributed by atoms with Crippen LogP contribution in [0, 0.1) is 20.8 Å². The van der Waals surface area contributed by atoms with E-state index in [-0.39, 0.29) is 5.91 Å². The van der Waals surface area contributed by atoms with Gasteiger partial charge in [0.1, 0.15) is 4.83 Å². The quantitative estimate of drug-likeness (QED) is 0.469. The first-order valence-corrected chi connectivity index (χ1v) is 10.6. The summed E-state index contributed by atoms with van der Waals surface area (Å²) in [5, 5.41) is 13.2. The number of benzene rings is 1. The zero-order valence-electron chi connectivity index (χ0n) is 17.0. The van der Waals surface area contributed by atoms with E-state index < -0.39 is 0 Å². The number of nitrogens with one attached hydrogen (secondary N) is 1. The first-order chi connectivity index (χ1) is 14.0. The molecule has 4 aromatic rings. The number of carbonyl (C=O) groups is 1. The van der Waals surface area contributed by atoms with Gasteiger partial charge in [-0.25, -0.2) is 0 Å². The second kappa shape index (κ2) is 8.21. The summed E-state index contributed by atoms with van der Waals surface area (Å²) in [5.41, 5.74) is 4.32. The summed E-state index contributed by atoms with van der Waals surface area (Å²) in [6.45, 7) is 8.17. The van der Waals surface area contributed by atoms with Gasteiger partial charge in [-0.1, -0.05) is 30.3 Å². The van der Waals surface area contributed by atoms with Gasteiger partial charge in [0.05, 0.1) is 22.8 Å². The Morgan fingerprint density at radius 2 is 1.86 bits per heavy atom. The Balaban J connectivity index is 1.40. The second-order valence-electron chi connectivity index (χ2n) is 7.32. The highest BCUT2D eigenvalue weighted by atomic mass is 32.1. The smallest absolute Gasteiger partial charge is 0.261 e. The maximum absolute atomic E-state index is 12.6. The van der Waals surface area contributed by atoms with Crippen LogP contribution >= 0.6 is 11.3 Å². The summed E-state index contributed by atoms with van der Waals surface area (Å²) in [4.78, 5) is 14.4. The molecule has 3 heterocycles. The van der Waals surface area contributed by atoms with Crippen molar-refractivity contribution in [1.29, 1.82) is 0 Å². The molecule has 0 saturated carbocycles. The van der Waals surface area contributed by atoms with Crippen molar-refractivity contribution in [2.75, 3.05) is 6.54 Å². The third kappa shape index (κ3) is 4.24. The van der Waals surface area contributed by atoms with Gasteiger partial charge in [-0.2, -0.15) is 10.2 Å². The lowest BCUT2D eigenvalue weighted by Crippen LogP contribution is -2.24. The molecule has 0 aliphatic carbocycles. The molecule has 1 amide bonds. The predicted octanol–water partition coefficient (Wildman–Crippen LogP) is 4.09. The summed E-state index contributed by atoms with van der Waals surface area (Å²) in [5.74, 6) is -0.0229. The Labute approximate surface area is 174 Å². The van der Waals surface area contributed by atoms with E-state index in [1.54, 1.807) is 0 Å². The molecule has 150 valence electrons. The highest BCUT2D eigenvalue weighted by molar-refractivity contribution is 7.20. The van der Waals surface area contributed by atoms with E-state index >= 15 is 0 Å². The van der Waals surface area contributed by atoms with Crippen molar-refractivity contribution in [3.05, 3.63) is 70.0 Å². The molecule has 0 unspecified atom stereocenters. The molecule has 0 radical (unpaired) electrons. The Hall–Kier alpha value is -2.93. The SMILES string of the molecule is Cc1cc(C)n(CCCNC(=O)c2cc3c(C)nn(Cc4ccccc4)c3s2)n1. The number of hydrogen-bond donors (Lipinski definition) is 1. The van der Waals surface area contributed by atoms with Crippen LogP contribution in [-0.2, 0) is 13.1 Å². The molecule has 0 saturated heterocycles. The molecule has 0 atom stereocenters. The fourth-order valence-electron chi connectivity index (χ4n) is 3.51. The second-order valence-corrected chi connectivity index (χ2v) is 8.35. The van der Waals surface area contributed by atoms with Crippen molar-refractivity contribution in [1.82, 2.24) is 24.9 Å². The number of thiophene rings is 1. The molecule has 0 aliphatic heterocycles. The minimum absolute atomic E-state index is 0.0229. The summed E-state index contributed by atoms with van der Waals surface area (Å²) < 4.78 is 3.98. The van der Waals surface area contributed by atoms with Gasteiger partial charge >= 0.3 is 0 Å². The lowest BCUT2D eigenvalue weighted by atomic mass is 10.2. The monoisotopic (exact) mass is 407 g/mol. The van der Waals surface area contributed by atoms with E-state index in [2.05, 4.69) is 40.6 Å². The van der Waals surface area contributed by atoms with Crippen molar-refractivity contribution in [2.24, 2.45) is 0 Å². The van der Waals surface area contributed by atoms with Crippen LogP contribution in [0.15, 0.2) is 42.5 Å². The standard InChI is InChI=1S/C22H25N5OS/c1-15-12-16(2)26(24-15)11-7-10-23-21(28)20-13-19-17(3)25-27(22(19)29-20)14-18-8-5-4-6-9-18/h4-6,8-9,12-13H,7,10-11,14H2,1-3H3,(H,23,28). The average molecular weight is 408 g/mol. The van der Waals surface area contributed by atoms with Gasteiger partial charge in [0.15, 0.2) is 0 Å². The van der Waals surface area contributed by atoms with Crippen LogP contribution in [-0.4, -0.2) is 32.0 Å². The van der Waals surface area contributed by atoms with Gasteiger partial charge in [-0.05, 0) is 44.9 Å². The Morgan fingerprint density at radius 1 is 1.07 bits per heavy atom. The summed E-state index contributed by atoms with van der Waals surface area (Å²) in [6, 6.07) is 14.3. The molecule has 6 nitrogen and oxygen atoms in total. The summed E-state index contributed by atoms with van der Waals surface area (Å²) >= 11 is 1.50. The van der Waals surface area contributed by atoms with Crippen LogP contribution in [0.1, 0.15) is 38.7 Å². The number of amides is 1. The highest BCUT2D eigenvalue weighted by Gasteiger charge is 2.16. The summed E-state index contributed by atoms with van der Waals surface area (Å²) in [7, 11) is 0. The maximum Gasteiger partial charge on any atom is 0.261 e. The third-order valence-corrected chi connectivity index (χ3v) is 6.09. The fraction of sp³-hybridized carbons (Fsp3) is 0.318. The minimum atomic E-state index is -0.0229. The topological polar surface area (TPSA) is 64.7 Å². The zero-order valence-corrected chi connectivity index (χ0v) is 17.8. The first kappa shape index (κ1) is 19.4. The van der Waals surface area contributed by atoms with Gasteiger partial charge in [0, 0.05) is 24.2 Å². The molecule has 0 bridgehead atoms. The number of carbonyl (C=O) groups excluding carboxylic acids is 1. The van der Waals surface area contributed by atoms with E-state index in [0.717, 1.165) is 45.1 Å². The molecular weight excluding hydrogens is 382 g/mol. The summed E-state index contributed by atoms with van der Waals surface area (Å²) in [6.07, 6.45) is 0.847. The van der Waals surface area contributed by atoms with Gasteiger partial charge in [0.2, 0.25) is 0 Å². The van der Waals surface area contributed by atoms with Gasteiger partial charge in [0.25, 0.3) is 5.91 Å². The van der Waals surface area contributed by atoms with Crippen LogP contribution in [0.25, 0.3) is 10.2 Å². The van der Waals surface area contributed by atoms with Gasteiger partial charge in [-0.15, -0.1) is 11.3 Å². The molecule has 1 aromatic carbocycles. The zero-order chi connectivity index (χ0) is 20.4. The molecule has 3 aromatic heterocycles. The average Bonchev–Trinajstić information content (AvgIpc) is 3.35. The van der Waals surface area contributed by atoms with Crippen molar-refractivity contribution in [2.45, 2.75) is 40.3 Å². The normalized spacial score (nSPS) is 11.3. The largest absolute Gasteiger partial charge is 0.351 e. The van der Waals surface area contributed by atoms with E-state index in [1.165, 1.54) is 16.9 Å². The number of rotatable bonds is 7. The van der Waals surface area contributed by atoms with E-state index in [4.69, 9.17) is 0 Å². The lowest BCUT2D eigenvalue weighted by Gasteiger charge is -2.06. The van der Waals surface area contributed by atoms with Crippen LogP contribution in [0.2, 0.25) is 0 Å². The van der Waals surface area contributed by atoms with E-state index in [9.17, 15) is 4.79 Å². The molecular formula is C22H25N5OS. The number of hydrogen-bond acceptors (Lipinski definition) is 4. The number of aryl methyl sites for hydroxylation is 4. The molecule has 4 rings (SSSR count).